The van der Waals surface area contributed by atoms with Crippen molar-refractivity contribution in [3.05, 3.63) is 24.0 Å². The summed E-state index contributed by atoms with van der Waals surface area (Å²) in [6.07, 6.45) is 6.13. The highest BCUT2D eigenvalue weighted by Crippen LogP contribution is 2.19. The number of hydrogen-bond donors (Lipinski definition) is 0. The first-order chi connectivity index (χ1) is 7.75. The molecule has 1 fully saturated rings. The second kappa shape index (κ2) is 5.10. The van der Waals surface area contributed by atoms with Crippen LogP contribution in [0.2, 0.25) is 0 Å². The standard InChI is InChI=1S/C13H18N2O/c1-11(16)9-12-10-13(5-6-14-12)15-7-3-2-4-8-15/h5-6,10H,2-4,7-9H2,1H3. The average Bonchev–Trinajstić information content (AvgIpc) is 2.30. The summed E-state index contributed by atoms with van der Waals surface area (Å²) in [5.41, 5.74) is 2.10. The van der Waals surface area contributed by atoms with Crippen molar-refractivity contribution in [1.82, 2.24) is 4.98 Å². The van der Waals surface area contributed by atoms with Crippen LogP contribution < -0.4 is 4.90 Å². The molecular formula is C13H18N2O. The van der Waals surface area contributed by atoms with Gasteiger partial charge in [0, 0.05) is 37.1 Å². The third-order valence-corrected chi connectivity index (χ3v) is 2.95. The third-order valence-electron chi connectivity index (χ3n) is 2.95. The van der Waals surface area contributed by atoms with E-state index >= 15 is 0 Å². The first-order valence-electron chi connectivity index (χ1n) is 5.95. The van der Waals surface area contributed by atoms with Crippen LogP contribution >= 0.6 is 0 Å². The molecule has 0 atom stereocenters. The Balaban J connectivity index is 2.11. The number of carbonyl (C=O) groups is 1. The molecule has 1 aliphatic rings. The lowest BCUT2D eigenvalue weighted by Gasteiger charge is -2.28. The molecule has 0 aromatic carbocycles. The summed E-state index contributed by atoms with van der Waals surface area (Å²) in [7, 11) is 0. The molecule has 0 bridgehead atoms. The van der Waals surface area contributed by atoms with Gasteiger partial charge in [-0.3, -0.25) is 9.78 Å². The molecule has 0 amide bonds. The molecule has 0 N–H and O–H groups in total. The fourth-order valence-electron chi connectivity index (χ4n) is 2.17. The van der Waals surface area contributed by atoms with Crippen LogP contribution in [0.5, 0.6) is 0 Å². The van der Waals surface area contributed by atoms with Crippen molar-refractivity contribution in [3.8, 4) is 0 Å². The molecule has 0 unspecified atom stereocenters. The van der Waals surface area contributed by atoms with Gasteiger partial charge in [-0.05, 0) is 38.3 Å². The fourth-order valence-corrected chi connectivity index (χ4v) is 2.17. The van der Waals surface area contributed by atoms with Crippen LogP contribution in [0.3, 0.4) is 0 Å². The number of rotatable bonds is 3. The van der Waals surface area contributed by atoms with Crippen molar-refractivity contribution in [3.63, 3.8) is 0 Å². The SMILES string of the molecule is CC(=O)Cc1cc(N2CCCCC2)ccn1. The van der Waals surface area contributed by atoms with Gasteiger partial charge in [0.2, 0.25) is 0 Å². The first kappa shape index (κ1) is 11.1. The number of aromatic nitrogens is 1. The van der Waals surface area contributed by atoms with Gasteiger partial charge in [-0.1, -0.05) is 0 Å². The average molecular weight is 218 g/mol. The Labute approximate surface area is 96.5 Å². The summed E-state index contributed by atoms with van der Waals surface area (Å²) < 4.78 is 0. The quantitative estimate of drug-likeness (QED) is 0.779. The molecule has 3 heteroatoms. The van der Waals surface area contributed by atoms with Crippen LogP contribution in [0.4, 0.5) is 5.69 Å². The summed E-state index contributed by atoms with van der Waals surface area (Å²) >= 11 is 0. The van der Waals surface area contributed by atoms with E-state index in [4.69, 9.17) is 0 Å². The molecular weight excluding hydrogens is 200 g/mol. The maximum Gasteiger partial charge on any atom is 0.135 e. The minimum atomic E-state index is 0.170. The maximum absolute atomic E-state index is 11.0. The van der Waals surface area contributed by atoms with Crippen molar-refractivity contribution in [2.45, 2.75) is 32.6 Å². The largest absolute Gasteiger partial charge is 0.371 e. The van der Waals surface area contributed by atoms with Crippen molar-refractivity contribution in [1.29, 1.82) is 0 Å². The van der Waals surface area contributed by atoms with Crippen molar-refractivity contribution >= 4 is 11.5 Å². The number of pyridine rings is 1. The highest BCUT2D eigenvalue weighted by atomic mass is 16.1. The lowest BCUT2D eigenvalue weighted by atomic mass is 10.1. The second-order valence-corrected chi connectivity index (χ2v) is 4.43. The van der Waals surface area contributed by atoms with Gasteiger partial charge in [0.1, 0.15) is 5.78 Å². The molecule has 16 heavy (non-hydrogen) atoms. The number of hydrogen-bond acceptors (Lipinski definition) is 3. The fraction of sp³-hybridized carbons (Fsp3) is 0.538. The molecule has 3 nitrogen and oxygen atoms in total. The number of carbonyl (C=O) groups excluding carboxylic acids is 1. The lowest BCUT2D eigenvalue weighted by molar-refractivity contribution is -0.116. The number of nitrogens with zero attached hydrogens (tertiary/aromatic N) is 2. The third kappa shape index (κ3) is 2.81. The topological polar surface area (TPSA) is 33.2 Å². The summed E-state index contributed by atoms with van der Waals surface area (Å²) in [6.45, 7) is 3.86. The van der Waals surface area contributed by atoms with Gasteiger partial charge in [-0.15, -0.1) is 0 Å². The van der Waals surface area contributed by atoms with Gasteiger partial charge in [-0.2, -0.15) is 0 Å². The Bertz CT molecular complexity index is 370. The molecule has 2 rings (SSSR count). The van der Waals surface area contributed by atoms with Gasteiger partial charge >= 0.3 is 0 Å². The molecule has 0 saturated carbocycles. The van der Waals surface area contributed by atoms with Gasteiger partial charge in [-0.25, -0.2) is 0 Å². The normalized spacial score (nSPS) is 16.2. The lowest BCUT2D eigenvalue weighted by Crippen LogP contribution is -2.29. The smallest absolute Gasteiger partial charge is 0.135 e. The first-order valence-corrected chi connectivity index (χ1v) is 5.95. The Hall–Kier alpha value is -1.38. The van der Waals surface area contributed by atoms with Gasteiger partial charge in [0.25, 0.3) is 0 Å². The van der Waals surface area contributed by atoms with Crippen molar-refractivity contribution in [2.75, 3.05) is 18.0 Å². The molecule has 86 valence electrons. The minimum Gasteiger partial charge on any atom is -0.371 e. The van der Waals surface area contributed by atoms with Crippen molar-refractivity contribution in [2.24, 2.45) is 0 Å². The van der Waals surface area contributed by atoms with Crippen LogP contribution in [0.25, 0.3) is 0 Å². The maximum atomic E-state index is 11.0. The second-order valence-electron chi connectivity index (χ2n) is 4.43. The van der Waals surface area contributed by atoms with Crippen LogP contribution in [0.15, 0.2) is 18.3 Å². The molecule has 0 aliphatic carbocycles. The highest BCUT2D eigenvalue weighted by molar-refractivity contribution is 5.78. The number of Topliss-reactive ketones (excluding diaryl/α,β-unsaturated/α-hetero) is 1. The Morgan fingerprint density at radius 2 is 2.12 bits per heavy atom. The van der Waals surface area contributed by atoms with E-state index in [0.29, 0.717) is 6.42 Å². The Morgan fingerprint density at radius 3 is 2.81 bits per heavy atom. The van der Waals surface area contributed by atoms with Crippen molar-refractivity contribution < 1.29 is 4.79 Å². The molecule has 1 aliphatic heterocycles. The van der Waals surface area contributed by atoms with E-state index in [1.165, 1.54) is 24.9 Å². The summed E-state index contributed by atoms with van der Waals surface area (Å²) in [4.78, 5) is 17.7. The Morgan fingerprint density at radius 1 is 1.38 bits per heavy atom. The summed E-state index contributed by atoms with van der Waals surface area (Å²) in [6, 6.07) is 4.08. The molecule has 0 spiro atoms. The summed E-state index contributed by atoms with van der Waals surface area (Å²) in [5, 5.41) is 0. The van der Waals surface area contributed by atoms with E-state index in [2.05, 4.69) is 9.88 Å². The zero-order valence-corrected chi connectivity index (χ0v) is 9.78. The van der Waals surface area contributed by atoms with E-state index in [1.54, 1.807) is 6.92 Å². The monoisotopic (exact) mass is 218 g/mol. The van der Waals surface area contributed by atoms with E-state index in [9.17, 15) is 4.79 Å². The van der Waals surface area contributed by atoms with E-state index in [1.807, 2.05) is 18.3 Å². The van der Waals surface area contributed by atoms with E-state index in [0.717, 1.165) is 18.8 Å². The number of piperidine rings is 1. The van der Waals surface area contributed by atoms with E-state index < -0.39 is 0 Å². The molecule has 1 saturated heterocycles. The van der Waals surface area contributed by atoms with E-state index in [-0.39, 0.29) is 5.78 Å². The molecule has 0 radical (unpaired) electrons. The minimum absolute atomic E-state index is 0.170. The number of ketones is 1. The molecule has 1 aromatic heterocycles. The van der Waals surface area contributed by atoms with Crippen LogP contribution in [-0.4, -0.2) is 23.9 Å². The Kier molecular flexibility index (Phi) is 3.54. The summed E-state index contributed by atoms with van der Waals surface area (Å²) in [5.74, 6) is 0.170. The predicted octanol–water partition coefficient (Wildman–Crippen LogP) is 2.20. The molecule has 2 heterocycles. The van der Waals surface area contributed by atoms with Crippen LogP contribution in [0, 0.1) is 0 Å². The van der Waals surface area contributed by atoms with Gasteiger partial charge in [0.05, 0.1) is 0 Å². The zero-order valence-electron chi connectivity index (χ0n) is 9.78. The van der Waals surface area contributed by atoms with Gasteiger partial charge in [0.15, 0.2) is 0 Å². The molecule has 1 aromatic rings. The predicted molar refractivity (Wildman–Crippen MR) is 64.7 cm³/mol. The van der Waals surface area contributed by atoms with Crippen LogP contribution in [0.1, 0.15) is 31.9 Å². The van der Waals surface area contributed by atoms with Crippen LogP contribution in [-0.2, 0) is 11.2 Å². The zero-order chi connectivity index (χ0) is 11.4. The number of anilines is 1. The highest BCUT2D eigenvalue weighted by Gasteiger charge is 2.11. The van der Waals surface area contributed by atoms with Gasteiger partial charge < -0.3 is 4.90 Å².